The molecule has 1 atom stereocenters. The van der Waals surface area contributed by atoms with Crippen molar-refractivity contribution in [3.63, 3.8) is 0 Å². The van der Waals surface area contributed by atoms with Gasteiger partial charge in [-0.05, 0) is 42.1 Å². The Morgan fingerprint density at radius 2 is 1.96 bits per heavy atom. The van der Waals surface area contributed by atoms with E-state index < -0.39 is 0 Å². The molecule has 0 saturated carbocycles. The van der Waals surface area contributed by atoms with E-state index in [4.69, 9.17) is 10.8 Å². The van der Waals surface area contributed by atoms with E-state index in [2.05, 4.69) is 43.1 Å². The number of nitrogens with zero attached hydrogens (tertiary/aromatic N) is 3. The number of rotatable bonds is 5. The lowest BCUT2D eigenvalue weighted by Gasteiger charge is -2.23. The summed E-state index contributed by atoms with van der Waals surface area (Å²) in [5.74, 6) is 1.43. The minimum Gasteiger partial charge on any atom is -0.330 e. The van der Waals surface area contributed by atoms with Crippen molar-refractivity contribution in [2.45, 2.75) is 38.6 Å². The zero-order valence-corrected chi connectivity index (χ0v) is 13.8. The van der Waals surface area contributed by atoms with Crippen LogP contribution < -0.4 is 10.7 Å². The first kappa shape index (κ1) is 15.7. The molecule has 0 aliphatic carbocycles. The maximum absolute atomic E-state index is 5.71. The standard InChI is InChI=1S/C19H24N4/c1-14(2)15-6-8-16(9-7-15)18-13-17(10-11-20)22-23(18)19-5-3-4-12-21-19/h3-9,12,14,18H,10-11,13,20H2,1-2H3. The summed E-state index contributed by atoms with van der Waals surface area (Å²) < 4.78 is 0. The van der Waals surface area contributed by atoms with Crippen LogP contribution in [0.1, 0.15) is 49.8 Å². The number of hydrogen-bond acceptors (Lipinski definition) is 4. The number of nitrogens with two attached hydrogens (primary N) is 1. The lowest BCUT2D eigenvalue weighted by Crippen LogP contribution is -2.19. The fraction of sp³-hybridized carbons (Fsp3) is 0.368. The summed E-state index contributed by atoms with van der Waals surface area (Å²) in [5, 5.41) is 6.81. The van der Waals surface area contributed by atoms with E-state index in [9.17, 15) is 0 Å². The molecule has 4 nitrogen and oxygen atoms in total. The molecule has 23 heavy (non-hydrogen) atoms. The quantitative estimate of drug-likeness (QED) is 0.912. The highest BCUT2D eigenvalue weighted by Gasteiger charge is 2.29. The van der Waals surface area contributed by atoms with Gasteiger partial charge in [0.1, 0.15) is 5.82 Å². The molecule has 0 amide bonds. The van der Waals surface area contributed by atoms with E-state index in [-0.39, 0.29) is 6.04 Å². The Hall–Kier alpha value is -2.20. The maximum atomic E-state index is 5.71. The predicted molar refractivity (Wildman–Crippen MR) is 95.7 cm³/mol. The van der Waals surface area contributed by atoms with Crippen molar-refractivity contribution < 1.29 is 0 Å². The third kappa shape index (κ3) is 3.42. The van der Waals surface area contributed by atoms with Crippen molar-refractivity contribution in [1.29, 1.82) is 0 Å². The molecule has 1 aliphatic rings. The van der Waals surface area contributed by atoms with Crippen LogP contribution in [0.25, 0.3) is 0 Å². The normalized spacial score (nSPS) is 17.7. The van der Waals surface area contributed by atoms with Crippen molar-refractivity contribution in [3.05, 3.63) is 59.8 Å². The molecule has 120 valence electrons. The number of hydrazone groups is 1. The fourth-order valence-electron chi connectivity index (χ4n) is 2.95. The number of pyridine rings is 1. The molecule has 0 spiro atoms. The molecule has 1 unspecified atom stereocenters. The van der Waals surface area contributed by atoms with Crippen molar-refractivity contribution in [2.24, 2.45) is 10.8 Å². The van der Waals surface area contributed by atoms with Crippen LogP contribution >= 0.6 is 0 Å². The van der Waals surface area contributed by atoms with Gasteiger partial charge in [-0.15, -0.1) is 0 Å². The van der Waals surface area contributed by atoms with E-state index in [1.807, 2.05) is 29.4 Å². The molecular formula is C19H24N4. The van der Waals surface area contributed by atoms with Crippen molar-refractivity contribution in [2.75, 3.05) is 11.6 Å². The highest BCUT2D eigenvalue weighted by atomic mass is 15.5. The summed E-state index contributed by atoms with van der Waals surface area (Å²) in [6.45, 7) is 5.06. The second kappa shape index (κ2) is 6.92. The van der Waals surface area contributed by atoms with E-state index >= 15 is 0 Å². The molecule has 2 N–H and O–H groups in total. The van der Waals surface area contributed by atoms with E-state index in [0.717, 1.165) is 24.4 Å². The summed E-state index contributed by atoms with van der Waals surface area (Å²) >= 11 is 0. The maximum Gasteiger partial charge on any atom is 0.149 e. The number of benzene rings is 1. The molecule has 2 aromatic rings. The summed E-state index contributed by atoms with van der Waals surface area (Å²) in [4.78, 5) is 4.46. The van der Waals surface area contributed by atoms with E-state index in [1.54, 1.807) is 0 Å². The lowest BCUT2D eigenvalue weighted by molar-refractivity contribution is 0.697. The molecule has 1 aliphatic heterocycles. The number of anilines is 1. The highest BCUT2D eigenvalue weighted by Crippen LogP contribution is 2.35. The van der Waals surface area contributed by atoms with Gasteiger partial charge in [0.25, 0.3) is 0 Å². The average molecular weight is 308 g/mol. The molecule has 0 bridgehead atoms. The summed E-state index contributed by atoms with van der Waals surface area (Å²) in [7, 11) is 0. The third-order valence-corrected chi connectivity index (χ3v) is 4.28. The first-order valence-electron chi connectivity index (χ1n) is 8.25. The second-order valence-electron chi connectivity index (χ2n) is 6.28. The van der Waals surface area contributed by atoms with Gasteiger partial charge in [-0.25, -0.2) is 9.99 Å². The number of hydrogen-bond donors (Lipinski definition) is 1. The molecule has 1 aromatic heterocycles. The minimum atomic E-state index is 0.202. The van der Waals surface area contributed by atoms with Gasteiger partial charge in [0, 0.05) is 18.3 Å². The van der Waals surface area contributed by atoms with Crippen LogP contribution in [0.3, 0.4) is 0 Å². The molecule has 4 heteroatoms. The molecule has 0 saturated heterocycles. The molecule has 2 heterocycles. The highest BCUT2D eigenvalue weighted by molar-refractivity contribution is 5.88. The van der Waals surface area contributed by atoms with Crippen LogP contribution in [-0.4, -0.2) is 17.2 Å². The van der Waals surface area contributed by atoms with Crippen LogP contribution in [0.5, 0.6) is 0 Å². The zero-order chi connectivity index (χ0) is 16.2. The predicted octanol–water partition coefficient (Wildman–Crippen LogP) is 3.86. The van der Waals surface area contributed by atoms with Crippen LogP contribution in [0.15, 0.2) is 53.8 Å². The third-order valence-electron chi connectivity index (χ3n) is 4.28. The van der Waals surface area contributed by atoms with Gasteiger partial charge in [-0.1, -0.05) is 44.2 Å². The van der Waals surface area contributed by atoms with Crippen LogP contribution in [0, 0.1) is 0 Å². The number of aromatic nitrogens is 1. The summed E-state index contributed by atoms with van der Waals surface area (Å²) in [5.41, 5.74) is 9.50. The monoisotopic (exact) mass is 308 g/mol. The Morgan fingerprint density at radius 3 is 2.57 bits per heavy atom. The van der Waals surface area contributed by atoms with Gasteiger partial charge in [-0.2, -0.15) is 5.10 Å². The van der Waals surface area contributed by atoms with E-state index in [1.165, 1.54) is 11.1 Å². The minimum absolute atomic E-state index is 0.202. The summed E-state index contributed by atoms with van der Waals surface area (Å²) in [6.07, 6.45) is 3.56. The largest absolute Gasteiger partial charge is 0.330 e. The van der Waals surface area contributed by atoms with Gasteiger partial charge in [0.2, 0.25) is 0 Å². The molecule has 0 fully saturated rings. The van der Waals surface area contributed by atoms with Crippen molar-refractivity contribution in [3.8, 4) is 0 Å². The van der Waals surface area contributed by atoms with Crippen molar-refractivity contribution in [1.82, 2.24) is 4.98 Å². The second-order valence-corrected chi connectivity index (χ2v) is 6.28. The Bertz CT molecular complexity index is 662. The first-order valence-corrected chi connectivity index (χ1v) is 8.25. The Labute approximate surface area is 138 Å². The average Bonchev–Trinajstić information content (AvgIpc) is 3.00. The lowest BCUT2D eigenvalue weighted by atomic mass is 9.96. The van der Waals surface area contributed by atoms with Gasteiger partial charge < -0.3 is 5.73 Å². The van der Waals surface area contributed by atoms with Gasteiger partial charge in [0.05, 0.1) is 6.04 Å². The van der Waals surface area contributed by atoms with Gasteiger partial charge >= 0.3 is 0 Å². The molecule has 1 aromatic carbocycles. The van der Waals surface area contributed by atoms with Crippen LogP contribution in [-0.2, 0) is 0 Å². The van der Waals surface area contributed by atoms with Gasteiger partial charge in [0.15, 0.2) is 0 Å². The molecular weight excluding hydrogens is 284 g/mol. The smallest absolute Gasteiger partial charge is 0.149 e. The Morgan fingerprint density at radius 1 is 1.17 bits per heavy atom. The summed E-state index contributed by atoms with van der Waals surface area (Å²) in [6, 6.07) is 15.0. The van der Waals surface area contributed by atoms with Crippen molar-refractivity contribution >= 4 is 11.5 Å². The van der Waals surface area contributed by atoms with Crippen LogP contribution in [0.2, 0.25) is 0 Å². The topological polar surface area (TPSA) is 54.5 Å². The molecule has 0 radical (unpaired) electrons. The zero-order valence-electron chi connectivity index (χ0n) is 13.8. The molecule has 3 rings (SSSR count). The first-order chi connectivity index (χ1) is 11.2. The fourth-order valence-corrected chi connectivity index (χ4v) is 2.95. The SMILES string of the molecule is CC(C)c1ccc(C2CC(CCN)=NN2c2ccccn2)cc1. The van der Waals surface area contributed by atoms with Crippen LogP contribution in [0.4, 0.5) is 5.82 Å². The van der Waals surface area contributed by atoms with Gasteiger partial charge in [-0.3, -0.25) is 0 Å². The Kier molecular flexibility index (Phi) is 4.72. The Balaban J connectivity index is 1.90. The van der Waals surface area contributed by atoms with E-state index in [0.29, 0.717) is 12.5 Å².